The Kier molecular flexibility index (Phi) is 6.32. The van der Waals surface area contributed by atoms with Crippen LogP contribution in [-0.4, -0.2) is 55.6 Å². The van der Waals surface area contributed by atoms with Crippen LogP contribution in [0.4, 0.5) is 0 Å². The molecule has 3 heteroatoms. The largest absolute Gasteiger partial charge is 0.328 e. The number of hydrogen-bond acceptors (Lipinski definition) is 3. The Bertz CT molecular complexity index is 174. The van der Waals surface area contributed by atoms with Crippen molar-refractivity contribution >= 4 is 0 Å². The predicted molar refractivity (Wildman–Crippen MR) is 70.6 cm³/mol. The molecule has 1 rings (SSSR count). The van der Waals surface area contributed by atoms with E-state index in [1.165, 1.54) is 52.0 Å². The van der Waals surface area contributed by atoms with Gasteiger partial charge in [-0.2, -0.15) is 0 Å². The summed E-state index contributed by atoms with van der Waals surface area (Å²) in [6, 6.07) is 0.454. The van der Waals surface area contributed by atoms with Gasteiger partial charge >= 0.3 is 0 Å². The standard InChI is InChI=1S/C13H29N3/c1-12(2)4-7-15(3)10-11-16-8-5-13(14)6-9-16/h12-13H,4-11,14H2,1-3H3. The summed E-state index contributed by atoms with van der Waals surface area (Å²) < 4.78 is 0. The van der Waals surface area contributed by atoms with Crippen molar-refractivity contribution in [1.82, 2.24) is 9.80 Å². The number of nitrogens with zero attached hydrogens (tertiary/aromatic N) is 2. The Labute approximate surface area is 101 Å². The Morgan fingerprint density at radius 1 is 1.25 bits per heavy atom. The first-order valence-electron chi connectivity index (χ1n) is 6.74. The van der Waals surface area contributed by atoms with E-state index in [-0.39, 0.29) is 0 Å². The Balaban J connectivity index is 2.05. The summed E-state index contributed by atoms with van der Waals surface area (Å²) >= 11 is 0. The first-order chi connectivity index (χ1) is 7.58. The van der Waals surface area contributed by atoms with E-state index in [1.54, 1.807) is 0 Å². The molecule has 3 nitrogen and oxygen atoms in total. The van der Waals surface area contributed by atoms with Gasteiger partial charge in [0.05, 0.1) is 0 Å². The highest BCUT2D eigenvalue weighted by Gasteiger charge is 2.15. The fourth-order valence-corrected chi connectivity index (χ4v) is 2.08. The van der Waals surface area contributed by atoms with Crippen molar-refractivity contribution in [3.8, 4) is 0 Å². The van der Waals surface area contributed by atoms with E-state index in [0.29, 0.717) is 6.04 Å². The molecule has 96 valence electrons. The van der Waals surface area contributed by atoms with Gasteiger partial charge in [-0.1, -0.05) is 13.8 Å². The van der Waals surface area contributed by atoms with Crippen molar-refractivity contribution in [1.29, 1.82) is 0 Å². The third-order valence-electron chi connectivity index (χ3n) is 3.52. The normalized spacial score (nSPS) is 19.9. The number of rotatable bonds is 6. The summed E-state index contributed by atoms with van der Waals surface area (Å²) in [5.41, 5.74) is 5.90. The van der Waals surface area contributed by atoms with Crippen molar-refractivity contribution in [2.75, 3.05) is 39.8 Å². The molecule has 0 atom stereocenters. The van der Waals surface area contributed by atoms with Crippen molar-refractivity contribution < 1.29 is 0 Å². The van der Waals surface area contributed by atoms with Crippen LogP contribution in [0.5, 0.6) is 0 Å². The molecule has 1 heterocycles. The maximum absolute atomic E-state index is 5.90. The van der Waals surface area contributed by atoms with Gasteiger partial charge in [0.15, 0.2) is 0 Å². The van der Waals surface area contributed by atoms with Crippen LogP contribution in [0.15, 0.2) is 0 Å². The lowest BCUT2D eigenvalue weighted by atomic mass is 10.1. The molecule has 0 aliphatic carbocycles. The summed E-state index contributed by atoms with van der Waals surface area (Å²) in [7, 11) is 2.23. The lowest BCUT2D eigenvalue weighted by Gasteiger charge is -2.31. The number of likely N-dealkylation sites (N-methyl/N-ethyl adjacent to an activating group) is 1. The van der Waals surface area contributed by atoms with Gasteiger partial charge in [0, 0.05) is 19.1 Å². The second kappa shape index (κ2) is 7.25. The van der Waals surface area contributed by atoms with E-state index in [0.717, 1.165) is 5.92 Å². The molecule has 0 aromatic carbocycles. The maximum atomic E-state index is 5.90. The van der Waals surface area contributed by atoms with Crippen molar-refractivity contribution in [3.05, 3.63) is 0 Å². The van der Waals surface area contributed by atoms with E-state index >= 15 is 0 Å². The summed E-state index contributed by atoms with van der Waals surface area (Å²) in [4.78, 5) is 5.00. The second-order valence-corrected chi connectivity index (χ2v) is 5.66. The van der Waals surface area contributed by atoms with Crippen molar-refractivity contribution in [2.24, 2.45) is 11.7 Å². The van der Waals surface area contributed by atoms with Gasteiger partial charge in [-0.15, -0.1) is 0 Å². The molecule has 0 amide bonds. The molecule has 16 heavy (non-hydrogen) atoms. The van der Waals surface area contributed by atoms with Crippen molar-refractivity contribution in [2.45, 2.75) is 39.2 Å². The Morgan fingerprint density at radius 3 is 2.44 bits per heavy atom. The first kappa shape index (κ1) is 13.9. The van der Waals surface area contributed by atoms with Gasteiger partial charge in [0.25, 0.3) is 0 Å². The molecule has 0 aromatic rings. The molecule has 2 N–H and O–H groups in total. The minimum Gasteiger partial charge on any atom is -0.328 e. The molecule has 0 saturated carbocycles. The summed E-state index contributed by atoms with van der Waals surface area (Å²) in [5.74, 6) is 0.815. The monoisotopic (exact) mass is 227 g/mol. The molecular weight excluding hydrogens is 198 g/mol. The summed E-state index contributed by atoms with van der Waals surface area (Å²) in [6.45, 7) is 10.6. The van der Waals surface area contributed by atoms with Gasteiger partial charge in [-0.05, 0) is 51.9 Å². The average molecular weight is 227 g/mol. The minimum absolute atomic E-state index is 0.454. The van der Waals surface area contributed by atoms with Gasteiger partial charge in [-0.25, -0.2) is 0 Å². The third kappa shape index (κ3) is 5.83. The van der Waals surface area contributed by atoms with E-state index in [4.69, 9.17) is 5.73 Å². The average Bonchev–Trinajstić information content (AvgIpc) is 2.25. The van der Waals surface area contributed by atoms with Crippen LogP contribution in [0.1, 0.15) is 33.1 Å². The van der Waals surface area contributed by atoms with E-state index < -0.39 is 0 Å². The van der Waals surface area contributed by atoms with Crippen LogP contribution in [0.3, 0.4) is 0 Å². The van der Waals surface area contributed by atoms with Crippen molar-refractivity contribution in [3.63, 3.8) is 0 Å². The van der Waals surface area contributed by atoms with Crippen LogP contribution in [0.25, 0.3) is 0 Å². The first-order valence-corrected chi connectivity index (χ1v) is 6.74. The lowest BCUT2D eigenvalue weighted by Crippen LogP contribution is -2.42. The van der Waals surface area contributed by atoms with Crippen LogP contribution < -0.4 is 5.73 Å². The molecular formula is C13H29N3. The number of hydrogen-bond donors (Lipinski definition) is 1. The second-order valence-electron chi connectivity index (χ2n) is 5.66. The molecule has 0 bridgehead atoms. The highest BCUT2D eigenvalue weighted by Crippen LogP contribution is 2.08. The molecule has 1 aliphatic rings. The lowest BCUT2D eigenvalue weighted by molar-refractivity contribution is 0.183. The SMILES string of the molecule is CC(C)CCN(C)CCN1CCC(N)CC1. The number of nitrogens with two attached hydrogens (primary N) is 1. The Hall–Kier alpha value is -0.120. The molecule has 1 fully saturated rings. The van der Waals surface area contributed by atoms with Gasteiger partial charge in [0.1, 0.15) is 0 Å². The smallest absolute Gasteiger partial charge is 0.0109 e. The fraction of sp³-hybridized carbons (Fsp3) is 1.00. The number of piperidine rings is 1. The third-order valence-corrected chi connectivity index (χ3v) is 3.52. The zero-order chi connectivity index (χ0) is 12.0. The topological polar surface area (TPSA) is 32.5 Å². The molecule has 0 radical (unpaired) electrons. The quantitative estimate of drug-likeness (QED) is 0.744. The van der Waals surface area contributed by atoms with Crippen LogP contribution in [0.2, 0.25) is 0 Å². The van der Waals surface area contributed by atoms with E-state index in [1.807, 2.05) is 0 Å². The molecule has 1 saturated heterocycles. The zero-order valence-electron chi connectivity index (χ0n) is 11.3. The van der Waals surface area contributed by atoms with Crippen LogP contribution >= 0.6 is 0 Å². The molecule has 0 unspecified atom stereocenters. The minimum atomic E-state index is 0.454. The summed E-state index contributed by atoms with van der Waals surface area (Å²) in [5, 5.41) is 0. The highest BCUT2D eigenvalue weighted by atomic mass is 15.2. The zero-order valence-corrected chi connectivity index (χ0v) is 11.3. The molecule has 0 aromatic heterocycles. The van der Waals surface area contributed by atoms with Crippen LogP contribution in [-0.2, 0) is 0 Å². The van der Waals surface area contributed by atoms with Crippen LogP contribution in [0, 0.1) is 5.92 Å². The van der Waals surface area contributed by atoms with E-state index in [9.17, 15) is 0 Å². The van der Waals surface area contributed by atoms with Gasteiger partial charge in [-0.3, -0.25) is 0 Å². The van der Waals surface area contributed by atoms with Gasteiger partial charge in [0.2, 0.25) is 0 Å². The highest BCUT2D eigenvalue weighted by molar-refractivity contribution is 4.74. The summed E-state index contributed by atoms with van der Waals surface area (Å²) in [6.07, 6.45) is 3.66. The maximum Gasteiger partial charge on any atom is 0.0109 e. The molecule has 0 spiro atoms. The fourth-order valence-electron chi connectivity index (χ4n) is 2.08. The Morgan fingerprint density at radius 2 is 1.88 bits per heavy atom. The number of likely N-dealkylation sites (tertiary alicyclic amines) is 1. The van der Waals surface area contributed by atoms with E-state index in [2.05, 4.69) is 30.7 Å². The predicted octanol–water partition coefficient (Wildman–Crippen LogP) is 1.39. The molecule has 1 aliphatic heterocycles. The van der Waals surface area contributed by atoms with Gasteiger partial charge < -0.3 is 15.5 Å².